The van der Waals surface area contributed by atoms with Gasteiger partial charge in [-0.2, -0.15) is 18.3 Å². The van der Waals surface area contributed by atoms with Crippen molar-refractivity contribution in [1.82, 2.24) is 20.2 Å². The number of alkyl halides is 3. The van der Waals surface area contributed by atoms with Gasteiger partial charge in [0.1, 0.15) is 23.0 Å². The second-order valence-corrected chi connectivity index (χ2v) is 10.1. The van der Waals surface area contributed by atoms with Crippen LogP contribution >= 0.6 is 0 Å². The molecule has 0 aliphatic heterocycles. The Bertz CT molecular complexity index is 1610. The second kappa shape index (κ2) is 10.2. The topological polar surface area (TPSA) is 65.3 Å². The van der Waals surface area contributed by atoms with Crippen molar-refractivity contribution >= 4 is 17.1 Å². The summed E-state index contributed by atoms with van der Waals surface area (Å²) in [4.78, 5) is 15.9. The summed E-state index contributed by atoms with van der Waals surface area (Å²) in [5.41, 5.74) is -0.0162. The predicted octanol–water partition coefficient (Wildman–Crippen LogP) is 6.84. The molecule has 0 saturated carbocycles. The normalized spacial score (nSPS) is 11.8. The highest BCUT2D eigenvalue weighted by molar-refractivity contribution is 5.71. The molecule has 0 bridgehead atoms. The Morgan fingerprint density at radius 3 is 1.85 bits per heavy atom. The highest BCUT2D eigenvalue weighted by Gasteiger charge is 2.34. The molecule has 0 amide bonds. The van der Waals surface area contributed by atoms with E-state index in [9.17, 15) is 17.6 Å². The number of anilines is 2. The lowest BCUT2D eigenvalue weighted by atomic mass is 9.83. The van der Waals surface area contributed by atoms with Crippen molar-refractivity contribution in [1.29, 1.82) is 0 Å². The molecule has 4 rings (SSSR count). The number of pyridine rings is 2. The first-order valence-electron chi connectivity index (χ1n) is 12.0. The number of aromatic amines is 1. The summed E-state index contributed by atoms with van der Waals surface area (Å²) in [5.74, 6) is -1.99. The van der Waals surface area contributed by atoms with E-state index in [1.54, 1.807) is 62.3 Å². The Hall–Kier alpha value is -4.53. The number of hydrogen-bond donors (Lipinski definition) is 1. The molecule has 0 unspecified atom stereocenters. The average Bonchev–Trinajstić information content (AvgIpc) is 3.40. The van der Waals surface area contributed by atoms with Gasteiger partial charge < -0.3 is 9.80 Å². The molecule has 1 N–H and O–H groups in total. The van der Waals surface area contributed by atoms with Gasteiger partial charge in [-0.1, -0.05) is 0 Å². The Morgan fingerprint density at radius 1 is 0.800 bits per heavy atom. The van der Waals surface area contributed by atoms with Gasteiger partial charge in [0.05, 0.1) is 29.3 Å². The van der Waals surface area contributed by atoms with Crippen LogP contribution in [0.1, 0.15) is 30.9 Å². The largest absolute Gasteiger partial charge is 0.432 e. The molecular formula is C28H26F5N7. The van der Waals surface area contributed by atoms with E-state index in [1.807, 2.05) is 18.9 Å². The molecule has 0 aliphatic rings. The van der Waals surface area contributed by atoms with Gasteiger partial charge in [0.15, 0.2) is 0 Å². The van der Waals surface area contributed by atoms with Crippen molar-refractivity contribution in [2.75, 3.05) is 38.0 Å². The molecule has 0 atom stereocenters. The van der Waals surface area contributed by atoms with Crippen LogP contribution in [0.2, 0.25) is 0 Å². The minimum Gasteiger partial charge on any atom is -0.378 e. The first-order valence-corrected chi connectivity index (χ1v) is 12.0. The zero-order valence-electron chi connectivity index (χ0n) is 22.6. The van der Waals surface area contributed by atoms with E-state index in [2.05, 4.69) is 14.9 Å². The van der Waals surface area contributed by atoms with Gasteiger partial charge in [-0.05, 0) is 56.3 Å². The predicted molar refractivity (Wildman–Crippen MR) is 143 cm³/mol. The van der Waals surface area contributed by atoms with Crippen molar-refractivity contribution in [2.24, 2.45) is 0 Å². The third kappa shape index (κ3) is 5.32. The van der Waals surface area contributed by atoms with Gasteiger partial charge in [0.2, 0.25) is 0 Å². The van der Waals surface area contributed by atoms with Crippen LogP contribution in [0.4, 0.5) is 39.0 Å². The maximum Gasteiger partial charge on any atom is 0.432 e. The molecule has 3 aromatic heterocycles. The molecule has 3 heterocycles. The Labute approximate surface area is 228 Å². The van der Waals surface area contributed by atoms with Crippen LogP contribution in [0.5, 0.6) is 0 Å². The summed E-state index contributed by atoms with van der Waals surface area (Å²) in [5, 5.41) is 5.85. The first-order chi connectivity index (χ1) is 18.6. The van der Waals surface area contributed by atoms with E-state index in [-0.39, 0.29) is 22.6 Å². The zero-order valence-corrected chi connectivity index (χ0v) is 22.6. The molecule has 12 heteroatoms. The molecule has 0 aliphatic carbocycles. The minimum absolute atomic E-state index is 0.0174. The summed E-state index contributed by atoms with van der Waals surface area (Å²) in [6.07, 6.45) is -4.60. The molecule has 208 valence electrons. The molecule has 0 spiro atoms. The van der Waals surface area contributed by atoms with Crippen LogP contribution in [0.15, 0.2) is 42.5 Å². The molecule has 7 nitrogen and oxygen atoms in total. The van der Waals surface area contributed by atoms with Gasteiger partial charge in [-0.25, -0.2) is 18.6 Å². The number of rotatable bonds is 6. The maximum absolute atomic E-state index is 15.2. The fourth-order valence-corrected chi connectivity index (χ4v) is 4.03. The number of nitrogens with one attached hydrogen (secondary N) is 1. The van der Waals surface area contributed by atoms with Crippen molar-refractivity contribution in [3.8, 4) is 22.6 Å². The van der Waals surface area contributed by atoms with Gasteiger partial charge in [0.25, 0.3) is 5.69 Å². The van der Waals surface area contributed by atoms with E-state index in [0.717, 1.165) is 12.1 Å². The minimum atomic E-state index is -4.60. The van der Waals surface area contributed by atoms with Crippen molar-refractivity contribution < 1.29 is 22.0 Å². The van der Waals surface area contributed by atoms with Crippen LogP contribution in [-0.4, -0.2) is 48.4 Å². The summed E-state index contributed by atoms with van der Waals surface area (Å²) < 4.78 is 68.8. The van der Waals surface area contributed by atoms with Gasteiger partial charge in [-0.15, -0.1) is 0 Å². The fraction of sp³-hybridized carbons (Fsp3) is 0.286. The van der Waals surface area contributed by atoms with Gasteiger partial charge >= 0.3 is 6.18 Å². The summed E-state index contributed by atoms with van der Waals surface area (Å²) in [7, 11) is 7.16. The van der Waals surface area contributed by atoms with Crippen molar-refractivity contribution in [3.05, 3.63) is 82.6 Å². The quantitative estimate of drug-likeness (QED) is 0.209. The molecular weight excluding hydrogens is 529 g/mol. The van der Waals surface area contributed by atoms with Gasteiger partial charge in [0, 0.05) is 50.5 Å². The summed E-state index contributed by atoms with van der Waals surface area (Å²) in [6.45, 7) is 10.8. The molecule has 0 fully saturated rings. The Balaban J connectivity index is 1.91. The fourth-order valence-electron chi connectivity index (χ4n) is 4.03. The highest BCUT2D eigenvalue weighted by Crippen LogP contribution is 2.38. The van der Waals surface area contributed by atoms with Crippen LogP contribution in [-0.2, 0) is 11.6 Å². The van der Waals surface area contributed by atoms with Crippen LogP contribution in [0, 0.1) is 18.2 Å². The number of halogens is 5. The van der Waals surface area contributed by atoms with E-state index in [4.69, 9.17) is 11.6 Å². The van der Waals surface area contributed by atoms with E-state index >= 15 is 4.39 Å². The summed E-state index contributed by atoms with van der Waals surface area (Å²) >= 11 is 0. The average molecular weight is 556 g/mol. The second-order valence-electron chi connectivity index (χ2n) is 10.1. The summed E-state index contributed by atoms with van der Waals surface area (Å²) in [6, 6.07) is 9.99. The molecule has 0 saturated heterocycles. The maximum atomic E-state index is 15.2. The van der Waals surface area contributed by atoms with E-state index < -0.39 is 34.6 Å². The SMILES string of the molecule is [C-]#[N+]c1c(F)ccc(-c2cc(N(C)C)cc(C(C)(C)c3cc(N(C)C)cc(-c4cc(C(F)(F)F)[nH]n4)n3)n2)c1F. The number of aromatic nitrogens is 4. The van der Waals surface area contributed by atoms with Crippen LogP contribution in [0.3, 0.4) is 0 Å². The Morgan fingerprint density at radius 2 is 1.35 bits per heavy atom. The molecule has 4 aromatic rings. The zero-order chi connectivity index (χ0) is 29.6. The van der Waals surface area contributed by atoms with Crippen LogP contribution in [0.25, 0.3) is 27.5 Å². The number of hydrogen-bond acceptors (Lipinski definition) is 5. The van der Waals surface area contributed by atoms with E-state index in [1.165, 1.54) is 6.07 Å². The lowest BCUT2D eigenvalue weighted by Crippen LogP contribution is -2.24. The lowest BCUT2D eigenvalue weighted by molar-refractivity contribution is -0.141. The molecule has 0 radical (unpaired) electrons. The van der Waals surface area contributed by atoms with Crippen molar-refractivity contribution in [3.63, 3.8) is 0 Å². The lowest BCUT2D eigenvalue weighted by Gasteiger charge is -2.28. The first kappa shape index (κ1) is 28.5. The number of H-pyrrole nitrogens is 1. The van der Waals surface area contributed by atoms with Crippen LogP contribution < -0.4 is 9.80 Å². The molecule has 40 heavy (non-hydrogen) atoms. The van der Waals surface area contributed by atoms with E-state index in [0.29, 0.717) is 22.8 Å². The number of nitrogens with zero attached hydrogens (tertiary/aromatic N) is 6. The standard InChI is InChI=1S/C28H26F5N7/c1-27(2,23-13-16(40(6)7)11-20(36-23)21-14-24(38-37-21)28(31,32)33)22-12-15(39(4)5)10-19(35-22)17-8-9-18(29)26(34-3)25(17)30/h8-14H,1-2,4-7H3,(H,37,38). The third-order valence-corrected chi connectivity index (χ3v) is 6.53. The smallest absolute Gasteiger partial charge is 0.378 e. The Kier molecular flexibility index (Phi) is 7.28. The van der Waals surface area contributed by atoms with Gasteiger partial charge in [-0.3, -0.25) is 10.1 Å². The molecule has 1 aromatic carbocycles. The highest BCUT2D eigenvalue weighted by atomic mass is 19.4. The van der Waals surface area contributed by atoms with Crippen molar-refractivity contribution in [2.45, 2.75) is 25.4 Å². The number of benzene rings is 1. The third-order valence-electron chi connectivity index (χ3n) is 6.53. The monoisotopic (exact) mass is 555 g/mol.